The number of fused-ring (bicyclic) bond motifs is 1. The van der Waals surface area contributed by atoms with E-state index in [9.17, 15) is 4.79 Å². The molecule has 76 valence electrons. The lowest BCUT2D eigenvalue weighted by Gasteiger charge is -2.04. The molecule has 15 heavy (non-hydrogen) atoms. The zero-order valence-corrected chi connectivity index (χ0v) is 8.65. The highest BCUT2D eigenvalue weighted by molar-refractivity contribution is 6.03. The molecule has 3 heteroatoms. The number of carbonyl (C=O) groups is 1. The van der Waals surface area contributed by atoms with Crippen molar-refractivity contribution >= 4 is 16.9 Å². The van der Waals surface area contributed by atoms with Crippen LogP contribution in [0.15, 0.2) is 30.5 Å². The van der Waals surface area contributed by atoms with Crippen LogP contribution in [0.1, 0.15) is 15.9 Å². The van der Waals surface area contributed by atoms with Gasteiger partial charge >= 0.3 is 5.97 Å². The lowest BCUT2D eigenvalue weighted by Crippen LogP contribution is -2.02. The van der Waals surface area contributed by atoms with Gasteiger partial charge in [-0.25, -0.2) is 4.79 Å². The number of methoxy groups -OCH3 is 1. The number of hydrogen-bond donors (Lipinski definition) is 0. The summed E-state index contributed by atoms with van der Waals surface area (Å²) in [5.74, 6) is -0.326. The summed E-state index contributed by atoms with van der Waals surface area (Å²) in [4.78, 5) is 15.7. The Bertz CT molecular complexity index is 520. The number of nitrogens with zero attached hydrogens (tertiary/aromatic N) is 1. The summed E-state index contributed by atoms with van der Waals surface area (Å²) >= 11 is 0. The average molecular weight is 201 g/mol. The molecule has 0 unspecified atom stereocenters. The van der Waals surface area contributed by atoms with Crippen LogP contribution in [-0.2, 0) is 4.74 Å². The number of aromatic nitrogens is 1. The minimum Gasteiger partial charge on any atom is -0.465 e. The van der Waals surface area contributed by atoms with Crippen LogP contribution in [0.4, 0.5) is 0 Å². The molecule has 0 fully saturated rings. The van der Waals surface area contributed by atoms with Crippen molar-refractivity contribution in [1.29, 1.82) is 0 Å². The van der Waals surface area contributed by atoms with Gasteiger partial charge in [0.05, 0.1) is 18.2 Å². The molecular weight excluding hydrogens is 190 g/mol. The summed E-state index contributed by atoms with van der Waals surface area (Å²) in [5, 5.41) is 0.837. The normalized spacial score (nSPS) is 10.3. The predicted octanol–water partition coefficient (Wildman–Crippen LogP) is 2.33. The summed E-state index contributed by atoms with van der Waals surface area (Å²) in [7, 11) is 1.38. The fourth-order valence-electron chi connectivity index (χ4n) is 1.55. The van der Waals surface area contributed by atoms with Gasteiger partial charge in [0.2, 0.25) is 0 Å². The van der Waals surface area contributed by atoms with E-state index in [2.05, 4.69) is 4.98 Å². The van der Waals surface area contributed by atoms with Gasteiger partial charge < -0.3 is 4.74 Å². The van der Waals surface area contributed by atoms with Crippen molar-refractivity contribution in [3.8, 4) is 0 Å². The molecule has 1 heterocycles. The van der Waals surface area contributed by atoms with Crippen LogP contribution in [-0.4, -0.2) is 18.1 Å². The Kier molecular flexibility index (Phi) is 2.37. The zero-order valence-electron chi connectivity index (χ0n) is 8.65. The molecule has 0 spiro atoms. The molecule has 0 N–H and O–H groups in total. The van der Waals surface area contributed by atoms with E-state index in [1.807, 2.05) is 25.1 Å². The van der Waals surface area contributed by atoms with Crippen LogP contribution < -0.4 is 0 Å². The number of carbonyl (C=O) groups excluding carboxylic acids is 1. The van der Waals surface area contributed by atoms with Crippen LogP contribution in [0.5, 0.6) is 0 Å². The van der Waals surface area contributed by atoms with Crippen molar-refractivity contribution < 1.29 is 9.53 Å². The number of hydrogen-bond acceptors (Lipinski definition) is 3. The van der Waals surface area contributed by atoms with E-state index in [0.717, 1.165) is 16.5 Å². The van der Waals surface area contributed by atoms with E-state index in [0.29, 0.717) is 5.56 Å². The average Bonchev–Trinajstić information content (AvgIpc) is 2.27. The molecule has 0 aliphatic heterocycles. The molecule has 0 aliphatic carbocycles. The maximum Gasteiger partial charge on any atom is 0.338 e. The fraction of sp³-hybridized carbons (Fsp3) is 0.167. The van der Waals surface area contributed by atoms with Gasteiger partial charge in [-0.3, -0.25) is 4.98 Å². The first-order chi connectivity index (χ1) is 7.22. The van der Waals surface area contributed by atoms with Crippen molar-refractivity contribution in [2.45, 2.75) is 6.92 Å². The predicted molar refractivity (Wildman–Crippen MR) is 57.8 cm³/mol. The maximum atomic E-state index is 11.5. The number of esters is 1. The minimum atomic E-state index is -0.326. The molecule has 0 saturated carbocycles. The van der Waals surface area contributed by atoms with E-state index in [1.54, 1.807) is 12.3 Å². The first-order valence-electron chi connectivity index (χ1n) is 4.66. The Labute approximate surface area is 87.7 Å². The molecule has 0 radical (unpaired) electrons. The molecule has 2 rings (SSSR count). The van der Waals surface area contributed by atoms with Crippen LogP contribution in [0.2, 0.25) is 0 Å². The smallest absolute Gasteiger partial charge is 0.338 e. The molecule has 0 atom stereocenters. The minimum absolute atomic E-state index is 0.326. The van der Waals surface area contributed by atoms with Crippen molar-refractivity contribution in [3.05, 3.63) is 41.6 Å². The van der Waals surface area contributed by atoms with Gasteiger partial charge in [-0.1, -0.05) is 11.6 Å². The van der Waals surface area contributed by atoms with Gasteiger partial charge in [0, 0.05) is 11.6 Å². The lowest BCUT2D eigenvalue weighted by molar-refractivity contribution is 0.0603. The van der Waals surface area contributed by atoms with Crippen molar-refractivity contribution in [3.63, 3.8) is 0 Å². The largest absolute Gasteiger partial charge is 0.465 e. The Morgan fingerprint density at radius 3 is 2.87 bits per heavy atom. The lowest BCUT2D eigenvalue weighted by atomic mass is 10.1. The third-order valence-electron chi connectivity index (χ3n) is 2.30. The quantitative estimate of drug-likeness (QED) is 0.665. The van der Waals surface area contributed by atoms with Gasteiger partial charge in [0.15, 0.2) is 0 Å². The topological polar surface area (TPSA) is 39.2 Å². The SMILES string of the molecule is COC(=O)c1ccnc2ccc(C)cc12. The number of benzene rings is 1. The van der Waals surface area contributed by atoms with Crippen LogP contribution in [0, 0.1) is 6.92 Å². The van der Waals surface area contributed by atoms with E-state index in [4.69, 9.17) is 4.74 Å². The fourth-order valence-corrected chi connectivity index (χ4v) is 1.55. The highest BCUT2D eigenvalue weighted by atomic mass is 16.5. The Morgan fingerprint density at radius 1 is 1.33 bits per heavy atom. The van der Waals surface area contributed by atoms with E-state index < -0.39 is 0 Å². The Morgan fingerprint density at radius 2 is 2.13 bits per heavy atom. The highest BCUT2D eigenvalue weighted by Gasteiger charge is 2.10. The maximum absolute atomic E-state index is 11.5. The van der Waals surface area contributed by atoms with Gasteiger partial charge in [-0.05, 0) is 25.1 Å². The van der Waals surface area contributed by atoms with Gasteiger partial charge in [0.25, 0.3) is 0 Å². The molecule has 1 aromatic heterocycles. The molecule has 3 nitrogen and oxygen atoms in total. The first-order valence-corrected chi connectivity index (χ1v) is 4.66. The second kappa shape index (κ2) is 3.69. The molecular formula is C12H11NO2. The molecule has 0 bridgehead atoms. The third kappa shape index (κ3) is 1.68. The van der Waals surface area contributed by atoms with Gasteiger partial charge in [-0.15, -0.1) is 0 Å². The van der Waals surface area contributed by atoms with Crippen LogP contribution in [0.3, 0.4) is 0 Å². The Balaban J connectivity index is 2.74. The van der Waals surface area contributed by atoms with Gasteiger partial charge in [-0.2, -0.15) is 0 Å². The monoisotopic (exact) mass is 201 g/mol. The van der Waals surface area contributed by atoms with E-state index in [-0.39, 0.29) is 5.97 Å². The van der Waals surface area contributed by atoms with Crippen LogP contribution in [0.25, 0.3) is 10.9 Å². The highest BCUT2D eigenvalue weighted by Crippen LogP contribution is 2.18. The molecule has 2 aromatic rings. The second-order valence-corrected chi connectivity index (χ2v) is 3.37. The second-order valence-electron chi connectivity index (χ2n) is 3.37. The molecule has 0 amide bonds. The van der Waals surface area contributed by atoms with Crippen molar-refractivity contribution in [2.24, 2.45) is 0 Å². The number of pyridine rings is 1. The number of ether oxygens (including phenoxy) is 1. The molecule has 0 saturated heterocycles. The Hall–Kier alpha value is -1.90. The molecule has 1 aromatic carbocycles. The van der Waals surface area contributed by atoms with Crippen molar-refractivity contribution in [1.82, 2.24) is 4.98 Å². The standard InChI is InChI=1S/C12H11NO2/c1-8-3-4-11-10(7-8)9(5-6-13-11)12(14)15-2/h3-7H,1-2H3. The van der Waals surface area contributed by atoms with Gasteiger partial charge in [0.1, 0.15) is 0 Å². The van der Waals surface area contributed by atoms with Crippen LogP contribution >= 0.6 is 0 Å². The molecule has 0 aliphatic rings. The van der Waals surface area contributed by atoms with E-state index in [1.165, 1.54) is 7.11 Å². The summed E-state index contributed by atoms with van der Waals surface area (Å²) in [6.07, 6.45) is 1.62. The van der Waals surface area contributed by atoms with Crippen molar-refractivity contribution in [2.75, 3.05) is 7.11 Å². The number of rotatable bonds is 1. The summed E-state index contributed by atoms with van der Waals surface area (Å²) in [5.41, 5.74) is 2.47. The zero-order chi connectivity index (χ0) is 10.8. The van der Waals surface area contributed by atoms with E-state index >= 15 is 0 Å². The summed E-state index contributed by atoms with van der Waals surface area (Å²) < 4.78 is 4.72. The first kappa shape index (κ1) is 9.65. The third-order valence-corrected chi connectivity index (χ3v) is 2.30. The summed E-state index contributed by atoms with van der Waals surface area (Å²) in [6, 6.07) is 7.48. The summed E-state index contributed by atoms with van der Waals surface area (Å²) in [6.45, 7) is 1.98. The number of aryl methyl sites for hydroxylation is 1.